The van der Waals surface area contributed by atoms with E-state index in [1.807, 2.05) is 18.3 Å². The summed E-state index contributed by atoms with van der Waals surface area (Å²) in [5.41, 5.74) is 6.16. The Kier molecular flexibility index (Phi) is 3.30. The van der Waals surface area contributed by atoms with Crippen LogP contribution in [0.15, 0.2) is 48.7 Å². The molecule has 0 saturated heterocycles. The fourth-order valence-corrected chi connectivity index (χ4v) is 3.55. The summed E-state index contributed by atoms with van der Waals surface area (Å²) < 4.78 is 0. The number of aromatic carboxylic acids is 1. The molecule has 0 saturated carbocycles. The maximum absolute atomic E-state index is 11.1. The Labute approximate surface area is 134 Å². The number of carbonyl (C=O) groups is 1. The molecular formula is C19H18N2O2. The number of hydrogen-bond donors (Lipinski definition) is 3. The lowest BCUT2D eigenvalue weighted by molar-refractivity contribution is 0.0691. The Bertz CT molecular complexity index is 846. The second kappa shape index (κ2) is 5.47. The van der Waals surface area contributed by atoms with Gasteiger partial charge in [-0.15, -0.1) is 0 Å². The summed E-state index contributed by atoms with van der Waals surface area (Å²) >= 11 is 0. The van der Waals surface area contributed by atoms with E-state index in [1.165, 1.54) is 16.7 Å². The number of H-pyrrole nitrogens is 2. The van der Waals surface area contributed by atoms with E-state index in [1.54, 1.807) is 0 Å². The quantitative estimate of drug-likeness (QED) is 0.682. The number of fused-ring (bicyclic) bond motifs is 1. The molecule has 4 heteroatoms. The number of carboxylic acids is 1. The van der Waals surface area contributed by atoms with E-state index in [-0.39, 0.29) is 0 Å². The predicted octanol–water partition coefficient (Wildman–Crippen LogP) is 3.98. The van der Waals surface area contributed by atoms with Crippen molar-refractivity contribution in [2.24, 2.45) is 0 Å². The topological polar surface area (TPSA) is 68.9 Å². The standard InChI is InChI=1S/C19H18N2O2/c22-19(23)18-11-15-13(6-7-17(15)21-18)9-12-3-1-4-14(10-12)16-5-2-8-20-16/h1-5,8,10-11,13,20-21H,6-7,9H2,(H,22,23). The van der Waals surface area contributed by atoms with Crippen LogP contribution in [-0.4, -0.2) is 21.0 Å². The number of aryl methyl sites for hydroxylation is 1. The molecule has 2 aromatic heterocycles. The third-order valence-corrected chi connectivity index (χ3v) is 4.66. The number of aromatic amines is 2. The van der Waals surface area contributed by atoms with E-state index in [0.29, 0.717) is 11.6 Å². The molecule has 4 rings (SSSR count). The molecule has 1 aromatic carbocycles. The van der Waals surface area contributed by atoms with Gasteiger partial charge in [0, 0.05) is 17.6 Å². The Morgan fingerprint density at radius 1 is 1.22 bits per heavy atom. The van der Waals surface area contributed by atoms with Crippen molar-refractivity contribution in [1.29, 1.82) is 0 Å². The zero-order chi connectivity index (χ0) is 15.8. The molecule has 0 amide bonds. The van der Waals surface area contributed by atoms with E-state index in [0.717, 1.165) is 30.7 Å². The highest BCUT2D eigenvalue weighted by atomic mass is 16.4. The summed E-state index contributed by atoms with van der Waals surface area (Å²) in [5.74, 6) is -0.486. The molecule has 0 aliphatic heterocycles. The molecule has 1 unspecified atom stereocenters. The molecule has 116 valence electrons. The molecule has 23 heavy (non-hydrogen) atoms. The van der Waals surface area contributed by atoms with Gasteiger partial charge in [0.05, 0.1) is 0 Å². The van der Waals surface area contributed by atoms with Crippen molar-refractivity contribution in [3.05, 3.63) is 71.2 Å². The summed E-state index contributed by atoms with van der Waals surface area (Å²) in [7, 11) is 0. The number of hydrogen-bond acceptors (Lipinski definition) is 1. The molecule has 0 radical (unpaired) electrons. The summed E-state index contributed by atoms with van der Waals surface area (Å²) in [4.78, 5) is 17.4. The Morgan fingerprint density at radius 2 is 2.13 bits per heavy atom. The van der Waals surface area contributed by atoms with Gasteiger partial charge in [0.1, 0.15) is 5.69 Å². The first-order valence-corrected chi connectivity index (χ1v) is 7.88. The zero-order valence-corrected chi connectivity index (χ0v) is 12.7. The monoisotopic (exact) mass is 306 g/mol. The van der Waals surface area contributed by atoms with Gasteiger partial charge in [0.25, 0.3) is 0 Å². The minimum atomic E-state index is -0.883. The van der Waals surface area contributed by atoms with Crippen LogP contribution in [0.3, 0.4) is 0 Å². The van der Waals surface area contributed by atoms with Crippen LogP contribution in [0.25, 0.3) is 11.3 Å². The lowest BCUT2D eigenvalue weighted by Gasteiger charge is -2.11. The van der Waals surface area contributed by atoms with Gasteiger partial charge in [-0.05, 0) is 66.1 Å². The summed E-state index contributed by atoms with van der Waals surface area (Å²) in [5, 5.41) is 9.13. The fourth-order valence-electron chi connectivity index (χ4n) is 3.55. The summed E-state index contributed by atoms with van der Waals surface area (Å²) in [6.45, 7) is 0. The van der Waals surface area contributed by atoms with Crippen molar-refractivity contribution in [2.45, 2.75) is 25.2 Å². The Hall–Kier alpha value is -2.75. The average molecular weight is 306 g/mol. The molecule has 1 atom stereocenters. The lowest BCUT2D eigenvalue weighted by Crippen LogP contribution is -2.00. The van der Waals surface area contributed by atoms with Gasteiger partial charge >= 0.3 is 5.97 Å². The van der Waals surface area contributed by atoms with Crippen LogP contribution < -0.4 is 0 Å². The van der Waals surface area contributed by atoms with Crippen LogP contribution in [0.5, 0.6) is 0 Å². The van der Waals surface area contributed by atoms with E-state index >= 15 is 0 Å². The van der Waals surface area contributed by atoms with E-state index < -0.39 is 5.97 Å². The van der Waals surface area contributed by atoms with Gasteiger partial charge in [-0.2, -0.15) is 0 Å². The maximum atomic E-state index is 11.1. The summed E-state index contributed by atoms with van der Waals surface area (Å²) in [6.07, 6.45) is 4.88. The molecule has 0 spiro atoms. The SMILES string of the molecule is O=C(O)c1cc2c([nH]1)CCC2Cc1cccc(-c2ccc[nH]2)c1. The minimum Gasteiger partial charge on any atom is -0.477 e. The second-order valence-electron chi connectivity index (χ2n) is 6.15. The lowest BCUT2D eigenvalue weighted by atomic mass is 9.93. The third-order valence-electron chi connectivity index (χ3n) is 4.66. The van der Waals surface area contributed by atoms with Gasteiger partial charge in [-0.3, -0.25) is 0 Å². The normalized spacial score (nSPS) is 16.4. The van der Waals surface area contributed by atoms with Crippen LogP contribution >= 0.6 is 0 Å². The molecule has 3 aromatic rings. The van der Waals surface area contributed by atoms with Crippen molar-refractivity contribution in [2.75, 3.05) is 0 Å². The molecule has 1 aliphatic carbocycles. The maximum Gasteiger partial charge on any atom is 0.352 e. The van der Waals surface area contributed by atoms with Crippen molar-refractivity contribution in [1.82, 2.24) is 9.97 Å². The van der Waals surface area contributed by atoms with Crippen molar-refractivity contribution in [3.63, 3.8) is 0 Å². The Balaban J connectivity index is 1.58. The zero-order valence-electron chi connectivity index (χ0n) is 12.7. The molecule has 1 aliphatic rings. The minimum absolute atomic E-state index is 0.305. The van der Waals surface area contributed by atoms with Gasteiger partial charge in [0.15, 0.2) is 0 Å². The fraction of sp³-hybridized carbons (Fsp3) is 0.211. The number of rotatable bonds is 4. The van der Waals surface area contributed by atoms with Crippen LogP contribution in [-0.2, 0) is 12.8 Å². The van der Waals surface area contributed by atoms with Gasteiger partial charge in [-0.1, -0.05) is 18.2 Å². The number of aromatic nitrogens is 2. The summed E-state index contributed by atoms with van der Waals surface area (Å²) in [6, 6.07) is 14.4. The third kappa shape index (κ3) is 2.57. The molecule has 4 nitrogen and oxygen atoms in total. The highest BCUT2D eigenvalue weighted by Gasteiger charge is 2.26. The molecule has 0 bridgehead atoms. The molecule has 3 N–H and O–H groups in total. The van der Waals surface area contributed by atoms with Crippen molar-refractivity contribution < 1.29 is 9.90 Å². The number of carboxylic acid groups (broad SMARTS) is 1. The van der Waals surface area contributed by atoms with E-state index in [9.17, 15) is 4.79 Å². The number of benzene rings is 1. The Morgan fingerprint density at radius 3 is 2.91 bits per heavy atom. The first-order chi connectivity index (χ1) is 11.2. The van der Waals surface area contributed by atoms with Gasteiger partial charge < -0.3 is 15.1 Å². The first-order valence-electron chi connectivity index (χ1n) is 7.88. The highest BCUT2D eigenvalue weighted by Crippen LogP contribution is 2.36. The second-order valence-corrected chi connectivity index (χ2v) is 6.15. The average Bonchev–Trinajstić information content (AvgIpc) is 3.25. The van der Waals surface area contributed by atoms with Crippen molar-refractivity contribution >= 4 is 5.97 Å². The molecular weight excluding hydrogens is 288 g/mol. The van der Waals surface area contributed by atoms with Crippen LogP contribution in [0.2, 0.25) is 0 Å². The first kappa shape index (κ1) is 13.9. The number of nitrogens with one attached hydrogen (secondary N) is 2. The van der Waals surface area contributed by atoms with E-state index in [2.05, 4.69) is 40.3 Å². The smallest absolute Gasteiger partial charge is 0.352 e. The molecule has 2 heterocycles. The largest absolute Gasteiger partial charge is 0.477 e. The predicted molar refractivity (Wildman–Crippen MR) is 88.7 cm³/mol. The van der Waals surface area contributed by atoms with Gasteiger partial charge in [-0.25, -0.2) is 4.79 Å². The molecule has 0 fully saturated rings. The van der Waals surface area contributed by atoms with Crippen LogP contribution in [0.1, 0.15) is 39.6 Å². The van der Waals surface area contributed by atoms with E-state index in [4.69, 9.17) is 5.11 Å². The van der Waals surface area contributed by atoms with Crippen LogP contribution in [0.4, 0.5) is 0 Å². The van der Waals surface area contributed by atoms with Gasteiger partial charge in [0.2, 0.25) is 0 Å². The van der Waals surface area contributed by atoms with Crippen molar-refractivity contribution in [3.8, 4) is 11.3 Å². The highest BCUT2D eigenvalue weighted by molar-refractivity contribution is 5.86. The van der Waals surface area contributed by atoms with Crippen LogP contribution in [0, 0.1) is 0 Å².